The van der Waals surface area contributed by atoms with Crippen molar-refractivity contribution in [1.29, 1.82) is 0 Å². The molecule has 0 fully saturated rings. The maximum Gasteiger partial charge on any atom is 0.309 e. The second-order valence-electron chi connectivity index (χ2n) is 7.19. The third-order valence-electron chi connectivity index (χ3n) is 3.64. The van der Waals surface area contributed by atoms with E-state index >= 15 is 0 Å². The summed E-state index contributed by atoms with van der Waals surface area (Å²) in [4.78, 5) is 14.6. The van der Waals surface area contributed by atoms with Crippen LogP contribution < -0.4 is 0 Å². The predicted molar refractivity (Wildman–Crippen MR) is 91.8 cm³/mol. The standard InChI is InChI=1S/C19H31NO2/c1-6-10-17(13-16-11-8-7-9-12-16)18(21)22-15-19(2,3)14-20(4)5/h7-9,11-12,17H,6,10,13-15H2,1-5H3. The van der Waals surface area contributed by atoms with E-state index in [0.29, 0.717) is 6.61 Å². The van der Waals surface area contributed by atoms with Gasteiger partial charge in [0.1, 0.15) is 0 Å². The van der Waals surface area contributed by atoms with Gasteiger partial charge < -0.3 is 9.64 Å². The lowest BCUT2D eigenvalue weighted by Gasteiger charge is -2.28. The van der Waals surface area contributed by atoms with Gasteiger partial charge in [0, 0.05) is 12.0 Å². The average Bonchev–Trinajstić information content (AvgIpc) is 2.44. The average molecular weight is 305 g/mol. The van der Waals surface area contributed by atoms with Gasteiger partial charge in [-0.3, -0.25) is 4.79 Å². The van der Waals surface area contributed by atoms with Crippen molar-refractivity contribution in [2.45, 2.75) is 40.0 Å². The Bertz CT molecular complexity index is 440. The summed E-state index contributed by atoms with van der Waals surface area (Å²) in [7, 11) is 4.08. The van der Waals surface area contributed by atoms with Crippen LogP contribution in [0.15, 0.2) is 30.3 Å². The number of ether oxygens (including phenoxy) is 1. The smallest absolute Gasteiger partial charge is 0.309 e. The SMILES string of the molecule is CCCC(Cc1ccccc1)C(=O)OCC(C)(C)CN(C)C. The second-order valence-corrected chi connectivity index (χ2v) is 7.19. The number of rotatable bonds is 9. The molecule has 1 atom stereocenters. The van der Waals surface area contributed by atoms with Crippen LogP contribution in [0.5, 0.6) is 0 Å². The number of hydrogen-bond donors (Lipinski definition) is 0. The Balaban J connectivity index is 2.58. The number of carbonyl (C=O) groups is 1. The van der Waals surface area contributed by atoms with E-state index in [1.807, 2.05) is 32.3 Å². The number of hydrogen-bond acceptors (Lipinski definition) is 3. The van der Waals surface area contributed by atoms with Crippen LogP contribution in [-0.2, 0) is 16.0 Å². The lowest BCUT2D eigenvalue weighted by Crippen LogP contribution is -2.34. The van der Waals surface area contributed by atoms with E-state index in [1.54, 1.807) is 0 Å². The third kappa shape index (κ3) is 7.08. The Morgan fingerprint density at radius 2 is 1.86 bits per heavy atom. The summed E-state index contributed by atoms with van der Waals surface area (Å²) in [6.07, 6.45) is 2.64. The summed E-state index contributed by atoms with van der Waals surface area (Å²) in [6.45, 7) is 7.75. The molecule has 0 N–H and O–H groups in total. The zero-order chi connectivity index (χ0) is 16.6. The summed E-state index contributed by atoms with van der Waals surface area (Å²) in [6, 6.07) is 10.2. The molecule has 1 rings (SSSR count). The lowest BCUT2D eigenvalue weighted by molar-refractivity contribution is -0.152. The van der Waals surface area contributed by atoms with Crippen molar-refractivity contribution in [1.82, 2.24) is 4.90 Å². The molecule has 0 aromatic heterocycles. The third-order valence-corrected chi connectivity index (χ3v) is 3.64. The van der Waals surface area contributed by atoms with Crippen LogP contribution in [-0.4, -0.2) is 38.1 Å². The molecule has 1 aromatic rings. The van der Waals surface area contributed by atoms with E-state index < -0.39 is 0 Å². The Morgan fingerprint density at radius 3 is 2.41 bits per heavy atom. The topological polar surface area (TPSA) is 29.5 Å². The van der Waals surface area contributed by atoms with Gasteiger partial charge in [-0.1, -0.05) is 57.5 Å². The second kappa shape index (κ2) is 8.94. The quantitative estimate of drug-likeness (QED) is 0.650. The van der Waals surface area contributed by atoms with Gasteiger partial charge in [-0.2, -0.15) is 0 Å². The van der Waals surface area contributed by atoms with Gasteiger partial charge in [-0.15, -0.1) is 0 Å². The summed E-state index contributed by atoms with van der Waals surface area (Å²) in [5.41, 5.74) is 1.17. The molecule has 0 radical (unpaired) electrons. The minimum Gasteiger partial charge on any atom is -0.465 e. The largest absolute Gasteiger partial charge is 0.465 e. The molecule has 0 bridgehead atoms. The highest BCUT2D eigenvalue weighted by atomic mass is 16.5. The fourth-order valence-corrected chi connectivity index (χ4v) is 2.84. The molecule has 3 heteroatoms. The first-order valence-corrected chi connectivity index (χ1v) is 8.19. The molecule has 1 unspecified atom stereocenters. The van der Waals surface area contributed by atoms with Gasteiger partial charge in [0.25, 0.3) is 0 Å². The van der Waals surface area contributed by atoms with Gasteiger partial charge in [0.15, 0.2) is 0 Å². The van der Waals surface area contributed by atoms with Crippen LogP contribution in [0.4, 0.5) is 0 Å². The van der Waals surface area contributed by atoms with Crippen molar-refractivity contribution in [2.24, 2.45) is 11.3 Å². The Labute approximate surface area is 135 Å². The Morgan fingerprint density at radius 1 is 1.23 bits per heavy atom. The van der Waals surface area contributed by atoms with Crippen LogP contribution >= 0.6 is 0 Å². The molecule has 0 aliphatic rings. The number of esters is 1. The summed E-state index contributed by atoms with van der Waals surface area (Å²) >= 11 is 0. The fourth-order valence-electron chi connectivity index (χ4n) is 2.84. The Hall–Kier alpha value is -1.35. The van der Waals surface area contributed by atoms with E-state index in [1.165, 1.54) is 5.56 Å². The van der Waals surface area contributed by atoms with E-state index in [0.717, 1.165) is 25.8 Å². The van der Waals surface area contributed by atoms with Gasteiger partial charge in [0.2, 0.25) is 0 Å². The molecule has 22 heavy (non-hydrogen) atoms. The monoisotopic (exact) mass is 305 g/mol. The molecular weight excluding hydrogens is 274 g/mol. The summed E-state index contributed by atoms with van der Waals surface area (Å²) < 4.78 is 5.63. The molecule has 0 saturated heterocycles. The van der Waals surface area contributed by atoms with E-state index in [2.05, 4.69) is 37.8 Å². The molecular formula is C19H31NO2. The van der Waals surface area contributed by atoms with E-state index in [9.17, 15) is 4.79 Å². The highest BCUT2D eigenvalue weighted by Gasteiger charge is 2.25. The first-order chi connectivity index (χ1) is 10.3. The highest BCUT2D eigenvalue weighted by Crippen LogP contribution is 2.20. The highest BCUT2D eigenvalue weighted by molar-refractivity contribution is 5.72. The number of carbonyl (C=O) groups excluding carboxylic acids is 1. The minimum atomic E-state index is -0.0578. The first-order valence-electron chi connectivity index (χ1n) is 8.19. The van der Waals surface area contributed by atoms with Crippen molar-refractivity contribution in [3.05, 3.63) is 35.9 Å². The lowest BCUT2D eigenvalue weighted by atomic mass is 9.93. The fraction of sp³-hybridized carbons (Fsp3) is 0.632. The van der Waals surface area contributed by atoms with E-state index in [4.69, 9.17) is 4.74 Å². The van der Waals surface area contributed by atoms with Crippen molar-refractivity contribution < 1.29 is 9.53 Å². The molecule has 124 valence electrons. The molecule has 1 aromatic carbocycles. The molecule has 0 heterocycles. The number of nitrogens with zero attached hydrogens (tertiary/aromatic N) is 1. The summed E-state index contributed by atoms with van der Waals surface area (Å²) in [5, 5.41) is 0. The summed E-state index contributed by atoms with van der Waals surface area (Å²) in [5.74, 6) is -0.0971. The van der Waals surface area contributed by atoms with Crippen molar-refractivity contribution in [3.63, 3.8) is 0 Å². The minimum absolute atomic E-state index is 0.0251. The van der Waals surface area contributed by atoms with Crippen LogP contribution in [0.1, 0.15) is 39.2 Å². The predicted octanol–water partition coefficient (Wildman–Crippen LogP) is 3.78. The van der Waals surface area contributed by atoms with Crippen LogP contribution in [0.3, 0.4) is 0 Å². The molecule has 3 nitrogen and oxygen atoms in total. The zero-order valence-corrected chi connectivity index (χ0v) is 14.8. The molecule has 0 amide bonds. The van der Waals surface area contributed by atoms with Crippen LogP contribution in [0.25, 0.3) is 0 Å². The molecule has 0 aliphatic carbocycles. The van der Waals surface area contributed by atoms with Crippen molar-refractivity contribution in [3.8, 4) is 0 Å². The van der Waals surface area contributed by atoms with Crippen molar-refractivity contribution >= 4 is 5.97 Å². The molecule has 0 saturated carbocycles. The van der Waals surface area contributed by atoms with Gasteiger partial charge in [-0.25, -0.2) is 0 Å². The maximum atomic E-state index is 12.4. The van der Waals surface area contributed by atoms with E-state index in [-0.39, 0.29) is 17.3 Å². The molecule has 0 spiro atoms. The zero-order valence-electron chi connectivity index (χ0n) is 14.8. The normalized spacial score (nSPS) is 13.2. The van der Waals surface area contributed by atoms with Crippen LogP contribution in [0.2, 0.25) is 0 Å². The van der Waals surface area contributed by atoms with Crippen molar-refractivity contribution in [2.75, 3.05) is 27.2 Å². The van der Waals surface area contributed by atoms with Gasteiger partial charge in [0.05, 0.1) is 12.5 Å². The Kier molecular flexibility index (Phi) is 7.60. The number of benzene rings is 1. The maximum absolute atomic E-state index is 12.4. The first kappa shape index (κ1) is 18.7. The molecule has 0 aliphatic heterocycles. The van der Waals surface area contributed by atoms with Crippen LogP contribution in [0, 0.1) is 11.3 Å². The van der Waals surface area contributed by atoms with Gasteiger partial charge >= 0.3 is 5.97 Å². The van der Waals surface area contributed by atoms with Gasteiger partial charge in [-0.05, 0) is 32.5 Å².